The number of anilines is 1. The molecule has 0 spiro atoms. The Morgan fingerprint density at radius 3 is 2.63 bits per heavy atom. The summed E-state index contributed by atoms with van der Waals surface area (Å²) in [6.45, 7) is 0.559. The highest BCUT2D eigenvalue weighted by molar-refractivity contribution is 8.00. The number of fused-ring (bicyclic) bond motifs is 1. The fourth-order valence-electron chi connectivity index (χ4n) is 2.77. The Labute approximate surface area is 163 Å². The molecule has 1 aromatic carbocycles. The molecule has 0 bridgehead atoms. The smallest absolute Gasteiger partial charge is 0.237 e. The van der Waals surface area contributed by atoms with Crippen LogP contribution >= 0.6 is 23.1 Å². The van der Waals surface area contributed by atoms with Gasteiger partial charge in [0.05, 0.1) is 17.3 Å². The van der Waals surface area contributed by atoms with E-state index in [0.29, 0.717) is 6.54 Å². The van der Waals surface area contributed by atoms with Crippen LogP contribution in [0.25, 0.3) is 10.8 Å². The molecule has 0 saturated heterocycles. The number of nitrogens with zero attached hydrogens (tertiary/aromatic N) is 3. The number of thioether (sulfide) groups is 1. The van der Waals surface area contributed by atoms with E-state index in [1.54, 1.807) is 29.8 Å². The minimum atomic E-state index is -0.196. The number of amides is 1. The number of aromatic nitrogens is 3. The summed E-state index contributed by atoms with van der Waals surface area (Å²) >= 11 is 3.02. The summed E-state index contributed by atoms with van der Waals surface area (Å²) in [6, 6.07) is 13.4. The molecule has 0 aliphatic heterocycles. The van der Waals surface area contributed by atoms with Crippen molar-refractivity contribution in [1.29, 1.82) is 0 Å². The van der Waals surface area contributed by atoms with Gasteiger partial charge in [-0.25, -0.2) is 9.97 Å². The van der Waals surface area contributed by atoms with E-state index in [1.165, 1.54) is 11.8 Å². The van der Waals surface area contributed by atoms with Gasteiger partial charge >= 0.3 is 0 Å². The Hall–Kier alpha value is -2.84. The number of hydrogen-bond donors (Lipinski definition) is 2. The van der Waals surface area contributed by atoms with Crippen molar-refractivity contribution in [2.75, 3.05) is 11.1 Å². The molecule has 0 unspecified atom stereocenters. The molecule has 4 aromatic rings. The second-order valence-electron chi connectivity index (χ2n) is 5.75. The van der Waals surface area contributed by atoms with Crippen molar-refractivity contribution in [2.45, 2.75) is 11.6 Å². The van der Waals surface area contributed by atoms with E-state index in [1.807, 2.05) is 46.3 Å². The van der Waals surface area contributed by atoms with Crippen LogP contribution in [0.15, 0.2) is 65.3 Å². The van der Waals surface area contributed by atoms with Crippen molar-refractivity contribution in [2.24, 2.45) is 0 Å². The monoisotopic (exact) mass is 396 g/mol. The molecule has 0 aliphatic rings. The van der Waals surface area contributed by atoms with Crippen molar-refractivity contribution in [3.05, 3.63) is 65.1 Å². The number of nitrogens with one attached hydrogen (secondary N) is 1. The molecule has 0 saturated carbocycles. The van der Waals surface area contributed by atoms with Gasteiger partial charge in [0.1, 0.15) is 0 Å². The summed E-state index contributed by atoms with van der Waals surface area (Å²) < 4.78 is 1.85. The molecule has 6 nitrogen and oxygen atoms in total. The van der Waals surface area contributed by atoms with Gasteiger partial charge in [-0.15, -0.1) is 11.3 Å². The van der Waals surface area contributed by atoms with Gasteiger partial charge < -0.3 is 9.67 Å². The highest BCUT2D eigenvalue weighted by atomic mass is 32.2. The van der Waals surface area contributed by atoms with Crippen molar-refractivity contribution in [3.63, 3.8) is 0 Å². The first-order valence-corrected chi connectivity index (χ1v) is 10.1. The molecular formula is C19H16N4O2S2. The average Bonchev–Trinajstić information content (AvgIpc) is 3.29. The molecule has 0 atom stereocenters. The summed E-state index contributed by atoms with van der Waals surface area (Å²) in [4.78, 5) is 21.4. The predicted molar refractivity (Wildman–Crippen MR) is 108 cm³/mol. The van der Waals surface area contributed by atoms with Crippen molar-refractivity contribution in [3.8, 4) is 5.88 Å². The quantitative estimate of drug-likeness (QED) is 0.482. The Morgan fingerprint density at radius 1 is 1.11 bits per heavy atom. The van der Waals surface area contributed by atoms with E-state index in [9.17, 15) is 9.90 Å². The number of rotatable bonds is 6. The van der Waals surface area contributed by atoms with Crippen LogP contribution in [0.5, 0.6) is 5.88 Å². The highest BCUT2D eigenvalue weighted by Crippen LogP contribution is 2.38. The van der Waals surface area contributed by atoms with Crippen LogP contribution in [0.2, 0.25) is 0 Å². The first kappa shape index (κ1) is 17.6. The van der Waals surface area contributed by atoms with Crippen LogP contribution in [0, 0.1) is 0 Å². The Kier molecular flexibility index (Phi) is 5.08. The molecule has 3 aromatic heterocycles. The maximum Gasteiger partial charge on any atom is 0.237 e. The maximum atomic E-state index is 12.3. The summed E-state index contributed by atoms with van der Waals surface area (Å²) in [5.41, 5.74) is 0. The third-order valence-corrected chi connectivity index (χ3v) is 5.93. The number of carbonyl (C=O) groups is 1. The number of carbonyl (C=O) groups excluding carboxylic acids is 1. The fourth-order valence-corrected chi connectivity index (χ4v) is 4.44. The van der Waals surface area contributed by atoms with Gasteiger partial charge in [0, 0.05) is 28.0 Å². The van der Waals surface area contributed by atoms with Crippen LogP contribution in [-0.4, -0.2) is 31.3 Å². The molecule has 136 valence electrons. The molecule has 0 aliphatic carbocycles. The molecule has 8 heteroatoms. The molecule has 3 heterocycles. The molecule has 27 heavy (non-hydrogen) atoms. The van der Waals surface area contributed by atoms with E-state index in [2.05, 4.69) is 15.3 Å². The minimum absolute atomic E-state index is 0.191. The fraction of sp³-hybridized carbons (Fsp3) is 0.105. The lowest BCUT2D eigenvalue weighted by molar-refractivity contribution is -0.113. The van der Waals surface area contributed by atoms with E-state index in [4.69, 9.17) is 0 Å². The van der Waals surface area contributed by atoms with Gasteiger partial charge in [-0.2, -0.15) is 0 Å². The average molecular weight is 396 g/mol. The first-order valence-electron chi connectivity index (χ1n) is 8.24. The Balaban J connectivity index is 1.59. The second-order valence-corrected chi connectivity index (χ2v) is 7.75. The largest absolute Gasteiger partial charge is 0.494 e. The molecular weight excluding hydrogens is 380 g/mol. The third-order valence-electron chi connectivity index (χ3n) is 3.95. The highest BCUT2D eigenvalue weighted by Gasteiger charge is 2.18. The van der Waals surface area contributed by atoms with Crippen molar-refractivity contribution >= 4 is 45.7 Å². The molecule has 2 N–H and O–H groups in total. The summed E-state index contributed by atoms with van der Waals surface area (Å²) in [7, 11) is 0. The van der Waals surface area contributed by atoms with E-state index in [-0.39, 0.29) is 23.5 Å². The summed E-state index contributed by atoms with van der Waals surface area (Å²) in [5.74, 6) is 0.493. The normalized spacial score (nSPS) is 11.0. The lowest BCUT2D eigenvalue weighted by Gasteiger charge is -2.09. The van der Waals surface area contributed by atoms with E-state index >= 15 is 0 Å². The Bertz CT molecular complexity index is 1060. The second kappa shape index (κ2) is 7.81. The molecule has 1 amide bonds. The number of thiophene rings is 1. The van der Waals surface area contributed by atoms with Gasteiger partial charge in [-0.05, 0) is 23.6 Å². The van der Waals surface area contributed by atoms with Crippen molar-refractivity contribution < 1.29 is 9.90 Å². The maximum absolute atomic E-state index is 12.3. The van der Waals surface area contributed by atoms with E-state index < -0.39 is 0 Å². The van der Waals surface area contributed by atoms with Gasteiger partial charge in [0.15, 0.2) is 5.88 Å². The Morgan fingerprint density at radius 2 is 1.89 bits per heavy atom. The zero-order chi connectivity index (χ0) is 18.6. The third kappa shape index (κ3) is 3.81. The topological polar surface area (TPSA) is 80.0 Å². The van der Waals surface area contributed by atoms with Gasteiger partial charge in [0.2, 0.25) is 11.9 Å². The van der Waals surface area contributed by atoms with Crippen LogP contribution in [0.1, 0.15) is 4.88 Å². The zero-order valence-electron chi connectivity index (χ0n) is 14.2. The number of hydrogen-bond acceptors (Lipinski definition) is 6. The van der Waals surface area contributed by atoms with E-state index in [0.717, 1.165) is 20.7 Å². The standard InChI is InChI=1S/C19H16N4O2S2/c24-16(22-19-20-8-4-9-21-19)12-27-18-15-7-2-1-6-14(15)17(25)23(18)11-13-5-3-10-26-13/h1-10,25H,11-12H2,(H,20,21,22,24). The van der Waals surface area contributed by atoms with Gasteiger partial charge in [-0.1, -0.05) is 36.0 Å². The van der Waals surface area contributed by atoms with Gasteiger partial charge in [0.25, 0.3) is 0 Å². The first-order chi connectivity index (χ1) is 13.2. The van der Waals surface area contributed by atoms with Gasteiger partial charge in [-0.3, -0.25) is 10.1 Å². The molecule has 0 radical (unpaired) electrons. The lowest BCUT2D eigenvalue weighted by atomic mass is 10.2. The number of benzene rings is 1. The van der Waals surface area contributed by atoms with Crippen LogP contribution < -0.4 is 5.32 Å². The van der Waals surface area contributed by atoms with Crippen LogP contribution in [-0.2, 0) is 11.3 Å². The minimum Gasteiger partial charge on any atom is -0.494 e. The SMILES string of the molecule is O=C(CSc1c2ccccc2c(O)n1Cc1cccs1)Nc1ncccn1. The lowest BCUT2D eigenvalue weighted by Crippen LogP contribution is -2.16. The summed E-state index contributed by atoms with van der Waals surface area (Å²) in [5, 5.41) is 18.0. The summed E-state index contributed by atoms with van der Waals surface area (Å²) in [6.07, 6.45) is 3.15. The zero-order valence-corrected chi connectivity index (χ0v) is 15.8. The van der Waals surface area contributed by atoms with Crippen LogP contribution in [0.4, 0.5) is 5.95 Å². The molecule has 0 fully saturated rings. The number of aromatic hydroxyl groups is 1. The molecule has 4 rings (SSSR count). The van der Waals surface area contributed by atoms with Crippen LogP contribution in [0.3, 0.4) is 0 Å². The predicted octanol–water partition coefficient (Wildman–Crippen LogP) is 3.98. The van der Waals surface area contributed by atoms with Crippen molar-refractivity contribution in [1.82, 2.24) is 14.5 Å².